The molecule has 4 heteroatoms. The van der Waals surface area contributed by atoms with Gasteiger partial charge in [-0.1, -0.05) is 12.1 Å². The van der Waals surface area contributed by atoms with Crippen LogP contribution in [-0.2, 0) is 4.79 Å². The van der Waals surface area contributed by atoms with Gasteiger partial charge in [0, 0.05) is 17.8 Å². The normalized spacial score (nSPS) is 24.2. The predicted molar refractivity (Wildman–Crippen MR) is 71.4 cm³/mol. The minimum atomic E-state index is -0.142. The summed E-state index contributed by atoms with van der Waals surface area (Å²) < 4.78 is 0. The van der Waals surface area contributed by atoms with Crippen molar-refractivity contribution in [2.45, 2.75) is 25.9 Å². The quantitative estimate of drug-likeness (QED) is 0.713. The Morgan fingerprint density at radius 2 is 2.11 bits per heavy atom. The van der Waals surface area contributed by atoms with Crippen molar-refractivity contribution in [2.75, 3.05) is 6.54 Å². The fourth-order valence-electron chi connectivity index (χ4n) is 2.44. The molecule has 1 amide bonds. The molecule has 0 aliphatic carbocycles. The lowest BCUT2D eigenvalue weighted by molar-refractivity contribution is -0.124. The molecule has 94 valence electrons. The van der Waals surface area contributed by atoms with Gasteiger partial charge < -0.3 is 10.3 Å². The highest BCUT2D eigenvalue weighted by molar-refractivity contribution is 5.83. The number of rotatable bonds is 1. The van der Waals surface area contributed by atoms with Crippen molar-refractivity contribution < 1.29 is 4.79 Å². The molecular weight excluding hydrogens is 226 g/mol. The summed E-state index contributed by atoms with van der Waals surface area (Å²) in [4.78, 5) is 14.8. The summed E-state index contributed by atoms with van der Waals surface area (Å²) in [5, 5.41) is 7.44. The van der Waals surface area contributed by atoms with E-state index in [-0.39, 0.29) is 18.0 Å². The van der Waals surface area contributed by atoms with E-state index in [1.54, 1.807) is 0 Å². The van der Waals surface area contributed by atoms with Gasteiger partial charge in [-0.15, -0.1) is 0 Å². The first-order chi connectivity index (χ1) is 8.63. The maximum Gasteiger partial charge on any atom is 0.236 e. The van der Waals surface area contributed by atoms with Crippen LogP contribution in [0.3, 0.4) is 0 Å². The second-order valence-corrected chi connectivity index (χ2v) is 5.00. The Hall–Kier alpha value is -1.81. The third kappa shape index (κ3) is 1.88. The van der Waals surface area contributed by atoms with E-state index in [1.165, 1.54) is 10.9 Å². The van der Waals surface area contributed by atoms with Crippen molar-refractivity contribution >= 4 is 16.8 Å². The van der Waals surface area contributed by atoms with Gasteiger partial charge in [-0.3, -0.25) is 10.1 Å². The van der Waals surface area contributed by atoms with Crippen molar-refractivity contribution in [1.29, 1.82) is 0 Å². The summed E-state index contributed by atoms with van der Waals surface area (Å²) in [5.41, 5.74) is 3.52. The second-order valence-electron chi connectivity index (χ2n) is 5.00. The second kappa shape index (κ2) is 4.14. The molecule has 1 aliphatic heterocycles. The van der Waals surface area contributed by atoms with Crippen molar-refractivity contribution in [1.82, 2.24) is 15.6 Å². The van der Waals surface area contributed by atoms with Crippen LogP contribution in [0, 0.1) is 6.92 Å². The van der Waals surface area contributed by atoms with Crippen LogP contribution in [-0.4, -0.2) is 23.5 Å². The van der Waals surface area contributed by atoms with Crippen LogP contribution in [0.25, 0.3) is 10.9 Å². The number of fused-ring (bicyclic) bond motifs is 1. The molecule has 2 unspecified atom stereocenters. The molecular formula is C14H17N3O. The van der Waals surface area contributed by atoms with Crippen LogP contribution in [0.2, 0.25) is 0 Å². The Bertz CT molecular complexity index is 602. The molecule has 1 aromatic carbocycles. The Morgan fingerprint density at radius 1 is 1.28 bits per heavy atom. The van der Waals surface area contributed by atoms with Gasteiger partial charge in [0.2, 0.25) is 5.91 Å². The number of carbonyl (C=O) groups excluding carboxylic acids is 1. The summed E-state index contributed by atoms with van der Waals surface area (Å²) >= 11 is 0. The van der Waals surface area contributed by atoms with Crippen molar-refractivity contribution in [2.24, 2.45) is 0 Å². The van der Waals surface area contributed by atoms with Crippen LogP contribution >= 0.6 is 0 Å². The third-order valence-electron chi connectivity index (χ3n) is 3.50. The predicted octanol–water partition coefficient (Wildman–Crippen LogP) is 1.63. The Morgan fingerprint density at radius 3 is 2.89 bits per heavy atom. The molecule has 1 saturated heterocycles. The molecule has 1 aliphatic rings. The lowest BCUT2D eigenvalue weighted by atomic mass is 10.1. The lowest BCUT2D eigenvalue weighted by Crippen LogP contribution is -2.53. The number of H-pyrrole nitrogens is 1. The van der Waals surface area contributed by atoms with Crippen LogP contribution in [0.4, 0.5) is 0 Å². The van der Waals surface area contributed by atoms with Gasteiger partial charge in [-0.05, 0) is 36.9 Å². The van der Waals surface area contributed by atoms with Crippen molar-refractivity contribution in [3.63, 3.8) is 0 Å². The number of hydrogen-bond acceptors (Lipinski definition) is 2. The maximum absolute atomic E-state index is 11.4. The SMILES string of the molecule is Cc1ccc2cc(C3CNC(=O)C(C)N3)[nH]c2c1. The average Bonchev–Trinajstić information content (AvgIpc) is 2.75. The van der Waals surface area contributed by atoms with Crippen LogP contribution in [0.1, 0.15) is 24.2 Å². The van der Waals surface area contributed by atoms with E-state index in [9.17, 15) is 4.79 Å². The average molecular weight is 243 g/mol. The molecule has 2 heterocycles. The van der Waals surface area contributed by atoms with E-state index < -0.39 is 0 Å². The minimum absolute atomic E-state index is 0.0678. The van der Waals surface area contributed by atoms with Crippen molar-refractivity contribution in [3.8, 4) is 0 Å². The van der Waals surface area contributed by atoms with Gasteiger partial charge in [-0.25, -0.2) is 0 Å². The molecule has 4 nitrogen and oxygen atoms in total. The maximum atomic E-state index is 11.4. The minimum Gasteiger partial charge on any atom is -0.357 e. The van der Waals surface area contributed by atoms with E-state index in [2.05, 4.69) is 46.8 Å². The third-order valence-corrected chi connectivity index (χ3v) is 3.50. The summed E-state index contributed by atoms with van der Waals surface area (Å²) in [6, 6.07) is 8.54. The highest BCUT2D eigenvalue weighted by Gasteiger charge is 2.25. The van der Waals surface area contributed by atoms with Gasteiger partial charge in [0.25, 0.3) is 0 Å². The first kappa shape index (κ1) is 11.3. The molecule has 0 bridgehead atoms. The number of aromatic amines is 1. The topological polar surface area (TPSA) is 56.9 Å². The number of nitrogens with one attached hydrogen (secondary N) is 3. The molecule has 2 atom stereocenters. The summed E-state index contributed by atoms with van der Waals surface area (Å²) in [6.07, 6.45) is 0. The number of carbonyl (C=O) groups is 1. The fourth-order valence-corrected chi connectivity index (χ4v) is 2.44. The molecule has 3 rings (SSSR count). The number of amides is 1. The van der Waals surface area contributed by atoms with Gasteiger partial charge in [0.15, 0.2) is 0 Å². The lowest BCUT2D eigenvalue weighted by Gasteiger charge is -2.28. The summed E-state index contributed by atoms with van der Waals surface area (Å²) in [7, 11) is 0. The molecule has 0 radical (unpaired) electrons. The van der Waals surface area contributed by atoms with E-state index in [0.717, 1.165) is 11.2 Å². The number of piperazine rings is 1. The monoisotopic (exact) mass is 243 g/mol. The molecule has 0 saturated carbocycles. The Kier molecular flexibility index (Phi) is 2.59. The van der Waals surface area contributed by atoms with E-state index in [1.807, 2.05) is 6.92 Å². The van der Waals surface area contributed by atoms with E-state index in [0.29, 0.717) is 6.54 Å². The van der Waals surface area contributed by atoms with E-state index in [4.69, 9.17) is 0 Å². The Balaban J connectivity index is 1.92. The molecule has 1 aromatic heterocycles. The Labute approximate surface area is 106 Å². The van der Waals surface area contributed by atoms with Gasteiger partial charge in [-0.2, -0.15) is 0 Å². The molecule has 2 aromatic rings. The van der Waals surface area contributed by atoms with E-state index >= 15 is 0 Å². The standard InChI is InChI=1S/C14H17N3O/c1-8-3-4-10-6-12(17-11(10)5-8)13-7-15-14(18)9(2)16-13/h3-6,9,13,16-17H,7H2,1-2H3,(H,15,18). The number of benzene rings is 1. The summed E-state index contributed by atoms with van der Waals surface area (Å²) in [6.45, 7) is 4.60. The molecule has 1 fully saturated rings. The highest BCUT2D eigenvalue weighted by atomic mass is 16.2. The van der Waals surface area contributed by atoms with Gasteiger partial charge in [0.1, 0.15) is 0 Å². The summed E-state index contributed by atoms with van der Waals surface area (Å²) in [5.74, 6) is 0.0678. The van der Waals surface area contributed by atoms with Gasteiger partial charge in [0.05, 0.1) is 12.1 Å². The smallest absolute Gasteiger partial charge is 0.236 e. The number of hydrogen-bond donors (Lipinski definition) is 3. The van der Waals surface area contributed by atoms with Crippen LogP contribution < -0.4 is 10.6 Å². The molecule has 3 N–H and O–H groups in total. The first-order valence-electron chi connectivity index (χ1n) is 6.26. The zero-order valence-electron chi connectivity index (χ0n) is 10.6. The molecule has 0 spiro atoms. The molecule has 18 heavy (non-hydrogen) atoms. The number of aryl methyl sites for hydroxylation is 1. The first-order valence-corrected chi connectivity index (χ1v) is 6.26. The fraction of sp³-hybridized carbons (Fsp3) is 0.357. The van der Waals surface area contributed by atoms with Crippen LogP contribution in [0.15, 0.2) is 24.3 Å². The van der Waals surface area contributed by atoms with Gasteiger partial charge >= 0.3 is 0 Å². The highest BCUT2D eigenvalue weighted by Crippen LogP contribution is 2.22. The zero-order valence-corrected chi connectivity index (χ0v) is 10.6. The number of aromatic nitrogens is 1. The zero-order chi connectivity index (χ0) is 12.7. The van der Waals surface area contributed by atoms with Crippen molar-refractivity contribution in [3.05, 3.63) is 35.5 Å². The van der Waals surface area contributed by atoms with Crippen LogP contribution in [0.5, 0.6) is 0 Å². The largest absolute Gasteiger partial charge is 0.357 e.